The summed E-state index contributed by atoms with van der Waals surface area (Å²) < 4.78 is 27.1. The molecule has 1 aliphatic rings. The van der Waals surface area contributed by atoms with Gasteiger partial charge in [0.1, 0.15) is 0 Å². The molecule has 0 spiro atoms. The zero-order chi connectivity index (χ0) is 18.7. The number of anilines is 1. The molecule has 6 nitrogen and oxygen atoms in total. The molecule has 0 saturated heterocycles. The number of sulfonamides is 1. The first-order valence-electron chi connectivity index (χ1n) is 8.44. The predicted octanol–water partition coefficient (Wildman–Crippen LogP) is 2.75. The number of thioether (sulfide) groups is 1. The van der Waals surface area contributed by atoms with Crippen LogP contribution in [0.4, 0.5) is 5.69 Å². The first-order chi connectivity index (χ1) is 12.5. The molecule has 0 atom stereocenters. The van der Waals surface area contributed by atoms with Gasteiger partial charge < -0.3 is 4.90 Å². The van der Waals surface area contributed by atoms with Crippen molar-refractivity contribution in [1.82, 2.24) is 9.29 Å². The molecule has 0 fully saturated rings. The second kappa shape index (κ2) is 7.77. The van der Waals surface area contributed by atoms with Gasteiger partial charge in [0.25, 0.3) is 0 Å². The van der Waals surface area contributed by atoms with Crippen LogP contribution in [0.15, 0.2) is 52.4 Å². The zero-order valence-electron chi connectivity index (χ0n) is 14.8. The van der Waals surface area contributed by atoms with Crippen LogP contribution in [0.3, 0.4) is 0 Å². The van der Waals surface area contributed by atoms with E-state index in [1.807, 2.05) is 32.0 Å². The third kappa shape index (κ3) is 3.62. The lowest BCUT2D eigenvalue weighted by Gasteiger charge is -2.29. The van der Waals surface area contributed by atoms with Crippen LogP contribution in [0.5, 0.6) is 0 Å². The Bertz CT molecular complexity index is 897. The maximum absolute atomic E-state index is 12.8. The zero-order valence-corrected chi connectivity index (χ0v) is 16.4. The number of aromatic nitrogens is 1. The molecule has 2 heterocycles. The molecule has 1 amide bonds. The SMILES string of the molecule is CCN(CC)S(=O)(=O)c1ccc2c(c1)N(Cc1ccccn1)C(=O)CS2. The lowest BCUT2D eigenvalue weighted by molar-refractivity contribution is -0.116. The molecule has 0 aliphatic carbocycles. The summed E-state index contributed by atoms with van der Waals surface area (Å²) in [6, 6.07) is 10.6. The number of nitrogens with zero attached hydrogens (tertiary/aromatic N) is 3. The summed E-state index contributed by atoms with van der Waals surface area (Å²) in [5, 5.41) is 0. The highest BCUT2D eigenvalue weighted by atomic mass is 32.2. The van der Waals surface area contributed by atoms with Crippen LogP contribution in [0, 0.1) is 0 Å². The fourth-order valence-corrected chi connectivity index (χ4v) is 5.28. The Hall–Kier alpha value is -1.90. The Morgan fingerprint density at radius 3 is 2.62 bits per heavy atom. The molecule has 0 N–H and O–H groups in total. The molecule has 1 aromatic carbocycles. The highest BCUT2D eigenvalue weighted by Gasteiger charge is 2.29. The third-order valence-corrected chi connectivity index (χ3v) is 7.36. The summed E-state index contributed by atoms with van der Waals surface area (Å²) in [6.45, 7) is 4.75. The topological polar surface area (TPSA) is 70.6 Å². The molecule has 0 radical (unpaired) electrons. The maximum Gasteiger partial charge on any atom is 0.243 e. The third-order valence-electron chi connectivity index (χ3n) is 4.26. The van der Waals surface area contributed by atoms with Gasteiger partial charge in [0.15, 0.2) is 0 Å². The van der Waals surface area contributed by atoms with Gasteiger partial charge in [-0.15, -0.1) is 11.8 Å². The second-order valence-corrected chi connectivity index (χ2v) is 8.76. The van der Waals surface area contributed by atoms with E-state index < -0.39 is 10.0 Å². The van der Waals surface area contributed by atoms with Crippen LogP contribution in [0.1, 0.15) is 19.5 Å². The smallest absolute Gasteiger partial charge is 0.243 e. The van der Waals surface area contributed by atoms with E-state index in [-0.39, 0.29) is 10.8 Å². The summed E-state index contributed by atoms with van der Waals surface area (Å²) in [4.78, 5) is 19.5. The van der Waals surface area contributed by atoms with E-state index in [1.54, 1.807) is 29.3 Å². The van der Waals surface area contributed by atoms with E-state index in [0.717, 1.165) is 10.6 Å². The van der Waals surface area contributed by atoms with E-state index in [9.17, 15) is 13.2 Å². The Balaban J connectivity index is 2.02. The molecule has 8 heteroatoms. The van der Waals surface area contributed by atoms with E-state index in [0.29, 0.717) is 31.1 Å². The van der Waals surface area contributed by atoms with Gasteiger partial charge in [-0.3, -0.25) is 9.78 Å². The Kier molecular flexibility index (Phi) is 5.64. The molecule has 0 saturated carbocycles. The number of hydrogen-bond acceptors (Lipinski definition) is 5. The monoisotopic (exact) mass is 391 g/mol. The minimum absolute atomic E-state index is 0.0504. The summed E-state index contributed by atoms with van der Waals surface area (Å²) in [7, 11) is -3.58. The Morgan fingerprint density at radius 2 is 1.96 bits per heavy atom. The van der Waals surface area contributed by atoms with Crippen LogP contribution in [0.25, 0.3) is 0 Å². The number of amides is 1. The second-order valence-electron chi connectivity index (χ2n) is 5.81. The average molecular weight is 392 g/mol. The molecule has 0 bridgehead atoms. The van der Waals surface area contributed by atoms with Crippen molar-refractivity contribution in [3.63, 3.8) is 0 Å². The maximum atomic E-state index is 12.8. The first kappa shape index (κ1) is 18.9. The number of hydrogen-bond donors (Lipinski definition) is 0. The van der Waals surface area contributed by atoms with Crippen molar-refractivity contribution in [2.24, 2.45) is 0 Å². The van der Waals surface area contributed by atoms with Gasteiger partial charge in [-0.2, -0.15) is 4.31 Å². The summed E-state index contributed by atoms with van der Waals surface area (Å²) >= 11 is 1.43. The van der Waals surface area contributed by atoms with Crippen LogP contribution < -0.4 is 4.90 Å². The number of carbonyl (C=O) groups excluding carboxylic acids is 1. The standard InChI is InChI=1S/C18H21N3O3S2/c1-3-20(4-2)26(23,24)15-8-9-17-16(11-15)21(18(22)13-25-17)12-14-7-5-6-10-19-14/h5-11H,3-4,12-13H2,1-2H3. The quantitative estimate of drug-likeness (QED) is 0.757. The van der Waals surface area contributed by atoms with Crippen LogP contribution in [-0.4, -0.2) is 42.5 Å². The van der Waals surface area contributed by atoms with Gasteiger partial charge >= 0.3 is 0 Å². The number of fused-ring (bicyclic) bond motifs is 1. The Morgan fingerprint density at radius 1 is 1.19 bits per heavy atom. The highest BCUT2D eigenvalue weighted by molar-refractivity contribution is 8.00. The summed E-state index contributed by atoms with van der Waals surface area (Å²) in [6.07, 6.45) is 1.68. The van der Waals surface area contributed by atoms with Crippen molar-refractivity contribution in [1.29, 1.82) is 0 Å². The van der Waals surface area contributed by atoms with Crippen molar-refractivity contribution >= 4 is 33.4 Å². The molecule has 0 unspecified atom stereocenters. The minimum atomic E-state index is -3.58. The number of carbonyl (C=O) groups is 1. The molecule has 2 aromatic rings. The Labute approximate surface area is 158 Å². The van der Waals surface area contributed by atoms with Crippen molar-refractivity contribution in [3.05, 3.63) is 48.3 Å². The van der Waals surface area contributed by atoms with E-state index in [4.69, 9.17) is 0 Å². The van der Waals surface area contributed by atoms with E-state index >= 15 is 0 Å². The van der Waals surface area contributed by atoms with Crippen LogP contribution >= 0.6 is 11.8 Å². The molecule has 1 aromatic heterocycles. The van der Waals surface area contributed by atoms with Crippen LogP contribution in [0.2, 0.25) is 0 Å². The van der Waals surface area contributed by atoms with Gasteiger partial charge in [0.2, 0.25) is 15.9 Å². The van der Waals surface area contributed by atoms with Crippen molar-refractivity contribution in [3.8, 4) is 0 Å². The van der Waals surface area contributed by atoms with Gasteiger partial charge in [0, 0.05) is 24.2 Å². The highest BCUT2D eigenvalue weighted by Crippen LogP contribution is 2.38. The summed E-state index contributed by atoms with van der Waals surface area (Å²) in [5.74, 6) is 0.285. The molecular formula is C18H21N3O3S2. The largest absolute Gasteiger partial charge is 0.305 e. The predicted molar refractivity (Wildman–Crippen MR) is 103 cm³/mol. The molecule has 3 rings (SSSR count). The van der Waals surface area contributed by atoms with Crippen molar-refractivity contribution in [2.45, 2.75) is 30.2 Å². The van der Waals surface area contributed by atoms with E-state index in [1.165, 1.54) is 16.1 Å². The fraction of sp³-hybridized carbons (Fsp3) is 0.333. The van der Waals surface area contributed by atoms with Crippen molar-refractivity contribution in [2.75, 3.05) is 23.7 Å². The molecule has 1 aliphatic heterocycles. The normalized spacial score (nSPS) is 14.6. The van der Waals surface area contributed by atoms with Gasteiger partial charge in [-0.05, 0) is 30.3 Å². The van der Waals surface area contributed by atoms with E-state index in [2.05, 4.69) is 4.98 Å². The van der Waals surface area contributed by atoms with Gasteiger partial charge in [-0.1, -0.05) is 19.9 Å². The molecule has 26 heavy (non-hydrogen) atoms. The van der Waals surface area contributed by atoms with Gasteiger partial charge in [-0.25, -0.2) is 8.42 Å². The molecule has 138 valence electrons. The van der Waals surface area contributed by atoms with Crippen LogP contribution in [-0.2, 0) is 21.4 Å². The first-order valence-corrected chi connectivity index (χ1v) is 10.9. The van der Waals surface area contributed by atoms with Crippen molar-refractivity contribution < 1.29 is 13.2 Å². The fourth-order valence-electron chi connectivity index (χ4n) is 2.88. The van der Waals surface area contributed by atoms with Gasteiger partial charge in [0.05, 0.1) is 28.6 Å². The number of rotatable bonds is 6. The molecular weight excluding hydrogens is 370 g/mol. The summed E-state index contributed by atoms with van der Waals surface area (Å²) in [5.41, 5.74) is 1.39. The average Bonchev–Trinajstić information content (AvgIpc) is 2.65. The minimum Gasteiger partial charge on any atom is -0.305 e. The lowest BCUT2D eigenvalue weighted by atomic mass is 10.2. The lowest BCUT2D eigenvalue weighted by Crippen LogP contribution is -2.35. The number of benzene rings is 1. The number of pyridine rings is 1.